The number of likely N-dealkylation sites (N-methyl/N-ethyl adjacent to an activating group) is 1. The molecule has 0 saturated heterocycles. The number of nitrogens with one attached hydrogen (secondary N) is 3. The van der Waals surface area contributed by atoms with E-state index in [2.05, 4.69) is 15.4 Å². The number of non-ortho nitro benzene ring substituents is 1. The Bertz CT molecular complexity index is 636. The van der Waals surface area contributed by atoms with Gasteiger partial charge in [-0.05, 0) is 18.7 Å². The molecule has 3 N–H and O–H groups in total. The molecule has 24 heavy (non-hydrogen) atoms. The lowest BCUT2D eigenvalue weighted by atomic mass is 10.3. The zero-order valence-electron chi connectivity index (χ0n) is 13.1. The highest BCUT2D eigenvalue weighted by Gasteiger charge is 2.15. The first kappa shape index (κ1) is 22.2. The Hall–Kier alpha value is -1.75. The van der Waals surface area contributed by atoms with Crippen molar-refractivity contribution in [3.8, 4) is 0 Å². The summed E-state index contributed by atoms with van der Waals surface area (Å²) >= 11 is 0. The van der Waals surface area contributed by atoms with E-state index in [1.165, 1.54) is 0 Å². The zero-order valence-corrected chi connectivity index (χ0v) is 14.8. The normalized spacial score (nSPS) is 10.7. The molecule has 1 rings (SSSR count). The molecule has 0 saturated carbocycles. The van der Waals surface area contributed by atoms with Gasteiger partial charge in [0.1, 0.15) is 0 Å². The van der Waals surface area contributed by atoms with E-state index in [4.69, 9.17) is 0 Å². The second-order valence-electron chi connectivity index (χ2n) is 4.60. The first-order valence-electron chi connectivity index (χ1n) is 7.08. The third kappa shape index (κ3) is 7.68. The van der Waals surface area contributed by atoms with Crippen LogP contribution in [0.4, 0.5) is 5.69 Å². The number of hydrogen-bond donors (Lipinski definition) is 3. The fourth-order valence-electron chi connectivity index (χ4n) is 1.68. The van der Waals surface area contributed by atoms with Crippen LogP contribution in [0.1, 0.15) is 13.3 Å². The molecule has 0 atom stereocenters. The maximum absolute atomic E-state index is 12.0. The molecule has 0 aliphatic carbocycles. The summed E-state index contributed by atoms with van der Waals surface area (Å²) in [6.45, 7) is 3.84. The molecule has 9 nitrogen and oxygen atoms in total. The molecule has 0 aliphatic rings. The van der Waals surface area contributed by atoms with E-state index in [-0.39, 0.29) is 41.9 Å². The summed E-state index contributed by atoms with van der Waals surface area (Å²) < 4.78 is 26.2. The second kappa shape index (κ2) is 10.9. The Morgan fingerprint density at radius 2 is 1.79 bits per heavy atom. The van der Waals surface area contributed by atoms with Gasteiger partial charge in [-0.3, -0.25) is 14.9 Å². The summed E-state index contributed by atoms with van der Waals surface area (Å²) in [6, 6.07) is 4.53. The number of amides is 1. The van der Waals surface area contributed by atoms with Crippen molar-refractivity contribution in [3.63, 3.8) is 0 Å². The van der Waals surface area contributed by atoms with Gasteiger partial charge in [-0.1, -0.05) is 6.92 Å². The first-order chi connectivity index (χ1) is 10.9. The molecular weight excluding hydrogens is 360 g/mol. The molecule has 0 fully saturated rings. The summed E-state index contributed by atoms with van der Waals surface area (Å²) in [5, 5.41) is 16.2. The SMILES string of the molecule is CCNCCNC(=O)CCNS(=O)(=O)c1ccc([N+](=O)[O-])cc1.Cl. The Morgan fingerprint density at radius 3 is 2.33 bits per heavy atom. The molecular formula is C13H21ClN4O5S. The van der Waals surface area contributed by atoms with E-state index in [1.807, 2.05) is 6.92 Å². The quantitative estimate of drug-likeness (QED) is 0.306. The molecule has 0 radical (unpaired) electrons. The molecule has 1 amide bonds. The molecule has 0 bridgehead atoms. The molecule has 0 spiro atoms. The van der Waals surface area contributed by atoms with Gasteiger partial charge in [0.05, 0.1) is 9.82 Å². The smallest absolute Gasteiger partial charge is 0.269 e. The highest BCUT2D eigenvalue weighted by molar-refractivity contribution is 7.89. The van der Waals surface area contributed by atoms with Crippen molar-refractivity contribution in [3.05, 3.63) is 34.4 Å². The highest BCUT2D eigenvalue weighted by Crippen LogP contribution is 2.15. The number of carbonyl (C=O) groups excluding carboxylic acids is 1. The number of rotatable bonds is 10. The maximum Gasteiger partial charge on any atom is 0.269 e. The summed E-state index contributed by atoms with van der Waals surface area (Å²) in [5.41, 5.74) is -0.191. The lowest BCUT2D eigenvalue weighted by molar-refractivity contribution is -0.384. The van der Waals surface area contributed by atoms with Gasteiger partial charge in [0.2, 0.25) is 15.9 Å². The third-order valence-electron chi connectivity index (χ3n) is 2.88. The standard InChI is InChI=1S/C13H20N4O5S.ClH/c1-2-14-9-10-15-13(18)7-8-16-23(21,22)12-5-3-11(4-6-12)17(19)20;/h3-6,14,16H,2,7-10H2,1H3,(H,15,18);1H. The number of nitrogens with zero attached hydrogens (tertiary/aromatic N) is 1. The number of sulfonamides is 1. The van der Waals surface area contributed by atoms with Crippen LogP contribution in [0.25, 0.3) is 0 Å². The van der Waals surface area contributed by atoms with Gasteiger partial charge in [-0.15, -0.1) is 12.4 Å². The van der Waals surface area contributed by atoms with Crippen molar-refractivity contribution < 1.29 is 18.1 Å². The summed E-state index contributed by atoms with van der Waals surface area (Å²) in [4.78, 5) is 21.3. The summed E-state index contributed by atoms with van der Waals surface area (Å²) in [6.07, 6.45) is 0.0122. The Morgan fingerprint density at radius 1 is 1.17 bits per heavy atom. The largest absolute Gasteiger partial charge is 0.355 e. The van der Waals surface area contributed by atoms with E-state index < -0.39 is 14.9 Å². The van der Waals surface area contributed by atoms with Crippen molar-refractivity contribution >= 4 is 34.0 Å². The van der Waals surface area contributed by atoms with Gasteiger partial charge in [-0.25, -0.2) is 13.1 Å². The van der Waals surface area contributed by atoms with Crippen LogP contribution < -0.4 is 15.4 Å². The van der Waals surface area contributed by atoms with Gasteiger partial charge in [0.25, 0.3) is 5.69 Å². The zero-order chi connectivity index (χ0) is 17.3. The minimum absolute atomic E-state index is 0. The van der Waals surface area contributed by atoms with Gasteiger partial charge in [-0.2, -0.15) is 0 Å². The van der Waals surface area contributed by atoms with Crippen LogP contribution in [0, 0.1) is 10.1 Å². The second-order valence-corrected chi connectivity index (χ2v) is 6.37. The van der Waals surface area contributed by atoms with E-state index in [0.29, 0.717) is 13.1 Å². The number of hydrogen-bond acceptors (Lipinski definition) is 6. The summed E-state index contributed by atoms with van der Waals surface area (Å²) in [5.74, 6) is -0.255. The topological polar surface area (TPSA) is 130 Å². The molecule has 136 valence electrons. The van der Waals surface area contributed by atoms with Gasteiger partial charge < -0.3 is 10.6 Å². The third-order valence-corrected chi connectivity index (χ3v) is 4.35. The van der Waals surface area contributed by atoms with Gasteiger partial charge >= 0.3 is 0 Å². The Kier molecular flexibility index (Phi) is 10.1. The van der Waals surface area contributed by atoms with E-state index >= 15 is 0 Å². The lowest BCUT2D eigenvalue weighted by Gasteiger charge is -2.08. The van der Waals surface area contributed by atoms with Crippen molar-refractivity contribution in [2.45, 2.75) is 18.2 Å². The van der Waals surface area contributed by atoms with Crippen LogP contribution in [0.5, 0.6) is 0 Å². The average molecular weight is 381 g/mol. The highest BCUT2D eigenvalue weighted by atomic mass is 35.5. The van der Waals surface area contributed by atoms with Crippen molar-refractivity contribution in [2.24, 2.45) is 0 Å². The van der Waals surface area contributed by atoms with Crippen LogP contribution in [-0.2, 0) is 14.8 Å². The van der Waals surface area contributed by atoms with Gasteiger partial charge in [0.15, 0.2) is 0 Å². The fraction of sp³-hybridized carbons (Fsp3) is 0.462. The molecule has 0 aromatic heterocycles. The number of benzene rings is 1. The number of nitro groups is 1. The van der Waals surface area contributed by atoms with Crippen molar-refractivity contribution in [1.29, 1.82) is 0 Å². The number of halogens is 1. The van der Waals surface area contributed by atoms with Crippen LogP contribution in [0.15, 0.2) is 29.2 Å². The number of carbonyl (C=O) groups is 1. The average Bonchev–Trinajstić information content (AvgIpc) is 2.51. The Labute approximate surface area is 146 Å². The summed E-state index contributed by atoms with van der Waals surface area (Å²) in [7, 11) is -3.79. The predicted molar refractivity (Wildman–Crippen MR) is 91.7 cm³/mol. The molecule has 1 aromatic rings. The van der Waals surface area contributed by atoms with E-state index in [1.54, 1.807) is 0 Å². The lowest BCUT2D eigenvalue weighted by Crippen LogP contribution is -2.34. The molecule has 1 aromatic carbocycles. The van der Waals surface area contributed by atoms with Crippen LogP contribution >= 0.6 is 12.4 Å². The van der Waals surface area contributed by atoms with Crippen LogP contribution in [0.2, 0.25) is 0 Å². The number of nitro benzene ring substituents is 1. The van der Waals surface area contributed by atoms with Crippen LogP contribution in [-0.4, -0.2) is 45.4 Å². The van der Waals surface area contributed by atoms with Crippen molar-refractivity contribution in [1.82, 2.24) is 15.4 Å². The fourth-order valence-corrected chi connectivity index (χ4v) is 2.72. The van der Waals surface area contributed by atoms with Crippen LogP contribution in [0.3, 0.4) is 0 Å². The minimum atomic E-state index is -3.79. The Balaban J connectivity index is 0.00000529. The molecule has 11 heteroatoms. The molecule has 0 aliphatic heterocycles. The predicted octanol–water partition coefficient (Wildman–Crippen LogP) is 0.411. The minimum Gasteiger partial charge on any atom is -0.355 e. The molecule has 0 unspecified atom stereocenters. The maximum atomic E-state index is 12.0. The van der Waals surface area contributed by atoms with E-state index in [0.717, 1.165) is 30.8 Å². The monoisotopic (exact) mass is 380 g/mol. The van der Waals surface area contributed by atoms with Gasteiger partial charge in [0, 0.05) is 38.2 Å². The first-order valence-corrected chi connectivity index (χ1v) is 8.56. The molecule has 0 heterocycles. The van der Waals surface area contributed by atoms with Crippen molar-refractivity contribution in [2.75, 3.05) is 26.2 Å². The van der Waals surface area contributed by atoms with E-state index in [9.17, 15) is 23.3 Å².